The molecule has 1 aliphatic rings. The van der Waals surface area contributed by atoms with Crippen LogP contribution in [-0.4, -0.2) is 24.0 Å². The van der Waals surface area contributed by atoms with E-state index in [1.165, 1.54) is 5.56 Å². The Labute approximate surface area is 171 Å². The Bertz CT molecular complexity index is 883. The maximum atomic E-state index is 12.8. The highest BCUT2D eigenvalue weighted by Gasteiger charge is 2.33. The molecule has 1 aromatic heterocycles. The first kappa shape index (κ1) is 21.2. The monoisotopic (exact) mass is 403 g/mol. The van der Waals surface area contributed by atoms with Crippen molar-refractivity contribution in [3.8, 4) is 0 Å². The van der Waals surface area contributed by atoms with E-state index in [0.29, 0.717) is 6.54 Å². The Morgan fingerprint density at radius 1 is 1.04 bits per heavy atom. The first-order valence-corrected chi connectivity index (χ1v) is 8.68. The van der Waals surface area contributed by atoms with Gasteiger partial charge in [-0.1, -0.05) is 48.5 Å². The van der Waals surface area contributed by atoms with Gasteiger partial charge in [-0.25, -0.2) is 0 Å². The van der Waals surface area contributed by atoms with Crippen molar-refractivity contribution in [2.75, 3.05) is 13.1 Å². The molecule has 2 atom stereocenters. The Kier molecular flexibility index (Phi) is 7.60. The molecule has 0 unspecified atom stereocenters. The predicted molar refractivity (Wildman–Crippen MR) is 114 cm³/mol. The van der Waals surface area contributed by atoms with Gasteiger partial charge in [0, 0.05) is 43.3 Å². The van der Waals surface area contributed by atoms with Crippen molar-refractivity contribution in [2.24, 2.45) is 5.92 Å². The molecule has 0 saturated carbocycles. The predicted octanol–water partition coefficient (Wildman–Crippen LogP) is 3.70. The van der Waals surface area contributed by atoms with Crippen LogP contribution in [-0.2, 0) is 11.3 Å². The number of carbonyl (C=O) groups excluding carboxylic acids is 1. The van der Waals surface area contributed by atoms with E-state index in [9.17, 15) is 4.79 Å². The number of rotatable bonds is 4. The first-order chi connectivity index (χ1) is 12.3. The summed E-state index contributed by atoms with van der Waals surface area (Å²) >= 11 is 0. The fourth-order valence-electron chi connectivity index (χ4n) is 3.66. The molecule has 1 saturated heterocycles. The standard InChI is InChI=1S/C21H21N3O.2ClH/c25-21(20-14-23-13-19(20)15-5-2-1-3-6-15)24-12-17-8-4-7-16-11-22-10-9-18(16)17;;/h1-11,19-20,23H,12-14H2,(H,24,25);2*1H/t19-,20+;;/m0../s1. The summed E-state index contributed by atoms with van der Waals surface area (Å²) in [4.78, 5) is 16.9. The zero-order chi connectivity index (χ0) is 17.1. The van der Waals surface area contributed by atoms with Crippen molar-refractivity contribution in [1.82, 2.24) is 15.6 Å². The minimum atomic E-state index is -0.0287. The van der Waals surface area contributed by atoms with E-state index < -0.39 is 0 Å². The van der Waals surface area contributed by atoms with Gasteiger partial charge in [-0.2, -0.15) is 0 Å². The lowest BCUT2D eigenvalue weighted by atomic mass is 9.88. The van der Waals surface area contributed by atoms with Crippen molar-refractivity contribution in [1.29, 1.82) is 0 Å². The van der Waals surface area contributed by atoms with Crippen molar-refractivity contribution in [3.63, 3.8) is 0 Å². The molecule has 142 valence electrons. The van der Waals surface area contributed by atoms with E-state index >= 15 is 0 Å². The van der Waals surface area contributed by atoms with Crippen LogP contribution in [0.3, 0.4) is 0 Å². The molecule has 1 fully saturated rings. The second kappa shape index (κ2) is 9.70. The van der Waals surface area contributed by atoms with Gasteiger partial charge in [0.1, 0.15) is 0 Å². The highest BCUT2D eigenvalue weighted by Crippen LogP contribution is 2.28. The third kappa shape index (κ3) is 4.59. The molecule has 2 N–H and O–H groups in total. The summed E-state index contributed by atoms with van der Waals surface area (Å²) in [6.07, 6.45) is 3.65. The largest absolute Gasteiger partial charge is 0.352 e. The minimum absolute atomic E-state index is 0. The lowest BCUT2D eigenvalue weighted by Crippen LogP contribution is -2.34. The van der Waals surface area contributed by atoms with Crippen LogP contribution >= 0.6 is 24.8 Å². The Morgan fingerprint density at radius 3 is 2.67 bits per heavy atom. The van der Waals surface area contributed by atoms with Crippen molar-refractivity contribution in [2.45, 2.75) is 12.5 Å². The molecule has 4 rings (SSSR count). The van der Waals surface area contributed by atoms with E-state index in [4.69, 9.17) is 0 Å². The van der Waals surface area contributed by atoms with E-state index in [0.717, 1.165) is 29.4 Å². The molecule has 1 amide bonds. The maximum absolute atomic E-state index is 12.8. The van der Waals surface area contributed by atoms with Crippen LogP contribution in [0.15, 0.2) is 67.0 Å². The average Bonchev–Trinajstić information content (AvgIpc) is 3.17. The van der Waals surface area contributed by atoms with Gasteiger partial charge in [0.15, 0.2) is 0 Å². The number of nitrogens with one attached hydrogen (secondary N) is 2. The van der Waals surface area contributed by atoms with Gasteiger partial charge < -0.3 is 10.6 Å². The van der Waals surface area contributed by atoms with E-state index in [1.54, 1.807) is 6.20 Å². The molecule has 3 aromatic rings. The zero-order valence-electron chi connectivity index (χ0n) is 14.8. The third-order valence-corrected chi connectivity index (χ3v) is 5.00. The molecule has 0 radical (unpaired) electrons. The van der Waals surface area contributed by atoms with Gasteiger partial charge in [0.05, 0.1) is 5.92 Å². The zero-order valence-corrected chi connectivity index (χ0v) is 16.4. The fraction of sp³-hybridized carbons (Fsp3) is 0.238. The average molecular weight is 404 g/mol. The smallest absolute Gasteiger partial charge is 0.225 e. The van der Waals surface area contributed by atoms with Gasteiger partial charge in [0.25, 0.3) is 0 Å². The SMILES string of the molecule is Cl.Cl.O=C(NCc1cccc2cnccc12)[C@@H]1CNC[C@H]1c1ccccc1. The van der Waals surface area contributed by atoms with Crippen LogP contribution in [0.2, 0.25) is 0 Å². The number of aromatic nitrogens is 1. The quantitative estimate of drug-likeness (QED) is 0.697. The van der Waals surface area contributed by atoms with Crippen LogP contribution in [0.5, 0.6) is 0 Å². The topological polar surface area (TPSA) is 54.0 Å². The molecule has 4 nitrogen and oxygen atoms in total. The highest BCUT2D eigenvalue weighted by atomic mass is 35.5. The molecule has 6 heteroatoms. The number of carbonyl (C=O) groups is 1. The number of benzene rings is 2. The Hall–Kier alpha value is -2.14. The molecular formula is C21H23Cl2N3O. The number of halogens is 2. The maximum Gasteiger partial charge on any atom is 0.225 e. The van der Waals surface area contributed by atoms with Gasteiger partial charge in [-0.15, -0.1) is 24.8 Å². The normalized spacial score (nSPS) is 18.4. The van der Waals surface area contributed by atoms with Crippen molar-refractivity contribution >= 4 is 41.5 Å². The third-order valence-electron chi connectivity index (χ3n) is 5.00. The van der Waals surface area contributed by atoms with E-state index in [1.807, 2.05) is 42.6 Å². The van der Waals surface area contributed by atoms with Crippen LogP contribution in [0.25, 0.3) is 10.8 Å². The van der Waals surface area contributed by atoms with Crippen molar-refractivity contribution in [3.05, 3.63) is 78.1 Å². The summed E-state index contributed by atoms with van der Waals surface area (Å²) in [5.74, 6) is 0.321. The summed E-state index contributed by atoms with van der Waals surface area (Å²) in [7, 11) is 0. The molecule has 2 aromatic carbocycles. The van der Waals surface area contributed by atoms with Crippen LogP contribution in [0.4, 0.5) is 0 Å². The van der Waals surface area contributed by atoms with Gasteiger partial charge in [-0.3, -0.25) is 9.78 Å². The highest BCUT2D eigenvalue weighted by molar-refractivity contribution is 5.86. The number of nitrogens with zero attached hydrogens (tertiary/aromatic N) is 1. The van der Waals surface area contributed by atoms with Crippen LogP contribution in [0, 0.1) is 5.92 Å². The van der Waals surface area contributed by atoms with Gasteiger partial charge in [-0.05, 0) is 22.6 Å². The van der Waals surface area contributed by atoms with E-state index in [2.05, 4.69) is 33.8 Å². The summed E-state index contributed by atoms with van der Waals surface area (Å²) in [5.41, 5.74) is 2.35. The minimum Gasteiger partial charge on any atom is -0.352 e. The number of hydrogen-bond donors (Lipinski definition) is 2. The number of fused-ring (bicyclic) bond motifs is 1. The van der Waals surface area contributed by atoms with Crippen molar-refractivity contribution < 1.29 is 4.79 Å². The lowest BCUT2D eigenvalue weighted by molar-refractivity contribution is -0.125. The lowest BCUT2D eigenvalue weighted by Gasteiger charge is -2.19. The summed E-state index contributed by atoms with van der Waals surface area (Å²) in [5, 5.41) is 8.73. The Balaban J connectivity index is 0.00000131. The number of amides is 1. The second-order valence-corrected chi connectivity index (χ2v) is 6.51. The first-order valence-electron chi connectivity index (χ1n) is 8.68. The molecule has 2 heterocycles. The summed E-state index contributed by atoms with van der Waals surface area (Å²) in [6, 6.07) is 18.4. The van der Waals surface area contributed by atoms with E-state index in [-0.39, 0.29) is 42.6 Å². The molecule has 0 aliphatic carbocycles. The van der Waals surface area contributed by atoms with Crippen LogP contribution < -0.4 is 10.6 Å². The van der Waals surface area contributed by atoms with Crippen LogP contribution in [0.1, 0.15) is 17.0 Å². The molecule has 1 aliphatic heterocycles. The number of hydrogen-bond acceptors (Lipinski definition) is 3. The molecular weight excluding hydrogens is 381 g/mol. The second-order valence-electron chi connectivity index (χ2n) is 6.51. The summed E-state index contributed by atoms with van der Waals surface area (Å²) in [6.45, 7) is 2.12. The fourth-order valence-corrected chi connectivity index (χ4v) is 3.66. The number of pyridine rings is 1. The van der Waals surface area contributed by atoms with Gasteiger partial charge >= 0.3 is 0 Å². The van der Waals surface area contributed by atoms with Gasteiger partial charge in [0.2, 0.25) is 5.91 Å². The molecule has 27 heavy (non-hydrogen) atoms. The molecule has 0 spiro atoms. The summed E-state index contributed by atoms with van der Waals surface area (Å²) < 4.78 is 0. The Morgan fingerprint density at radius 2 is 1.85 bits per heavy atom. The molecule has 0 bridgehead atoms.